The van der Waals surface area contributed by atoms with Crippen LogP contribution in [-0.4, -0.2) is 13.2 Å². The number of hydrogen-bond donors (Lipinski definition) is 0. The molecule has 2 aromatic rings. The quantitative estimate of drug-likeness (QED) is 0.751. The average Bonchev–Trinajstić information content (AvgIpc) is 2.39. The Bertz CT molecular complexity index is 547. The molecule has 0 bridgehead atoms. The highest BCUT2D eigenvalue weighted by Gasteiger charge is 2.01. The molecule has 0 saturated heterocycles. The molecule has 100 valence electrons. The summed E-state index contributed by atoms with van der Waals surface area (Å²) in [5.74, 6) is 1.83. The van der Waals surface area contributed by atoms with E-state index in [2.05, 4.69) is 32.9 Å². The van der Waals surface area contributed by atoms with Crippen LogP contribution >= 0.6 is 0 Å². The SMILES string of the molecule is Cc1cccc(OCCOc2cccc(C)c2C)c1. The predicted octanol–water partition coefficient (Wildman–Crippen LogP) is 4.07. The Hall–Kier alpha value is -1.96. The third kappa shape index (κ3) is 3.75. The first kappa shape index (κ1) is 13.5. The summed E-state index contributed by atoms with van der Waals surface area (Å²) in [5, 5.41) is 0. The number of ether oxygens (including phenoxy) is 2. The molecule has 0 aliphatic carbocycles. The summed E-state index contributed by atoms with van der Waals surface area (Å²) in [5.41, 5.74) is 3.64. The van der Waals surface area contributed by atoms with E-state index >= 15 is 0 Å². The van der Waals surface area contributed by atoms with Crippen LogP contribution in [0.25, 0.3) is 0 Å². The minimum Gasteiger partial charge on any atom is -0.490 e. The lowest BCUT2D eigenvalue weighted by molar-refractivity contribution is 0.216. The molecule has 0 aliphatic heterocycles. The Labute approximate surface area is 115 Å². The highest BCUT2D eigenvalue weighted by Crippen LogP contribution is 2.20. The Morgan fingerprint density at radius 3 is 2.37 bits per heavy atom. The molecule has 0 amide bonds. The molecule has 2 heteroatoms. The van der Waals surface area contributed by atoms with Gasteiger partial charge in [-0.2, -0.15) is 0 Å². The molecule has 0 aliphatic rings. The number of aryl methyl sites for hydroxylation is 2. The molecule has 0 heterocycles. The smallest absolute Gasteiger partial charge is 0.122 e. The fourth-order valence-corrected chi connectivity index (χ4v) is 1.90. The van der Waals surface area contributed by atoms with Gasteiger partial charge in [-0.05, 0) is 55.7 Å². The molecule has 0 N–H and O–H groups in total. The van der Waals surface area contributed by atoms with E-state index in [1.165, 1.54) is 16.7 Å². The standard InChI is InChI=1S/C17H20O2/c1-13-6-4-8-16(12-13)18-10-11-19-17-9-5-7-14(2)15(17)3/h4-9,12H,10-11H2,1-3H3. The summed E-state index contributed by atoms with van der Waals surface area (Å²) in [7, 11) is 0. The molecule has 0 spiro atoms. The first-order valence-corrected chi connectivity index (χ1v) is 6.55. The molecule has 0 radical (unpaired) electrons. The largest absolute Gasteiger partial charge is 0.490 e. The Balaban J connectivity index is 1.82. The lowest BCUT2D eigenvalue weighted by Gasteiger charge is -2.11. The molecule has 2 rings (SSSR count). The van der Waals surface area contributed by atoms with Crippen LogP contribution in [0.4, 0.5) is 0 Å². The van der Waals surface area contributed by atoms with Gasteiger partial charge in [0, 0.05) is 0 Å². The van der Waals surface area contributed by atoms with E-state index < -0.39 is 0 Å². The van der Waals surface area contributed by atoms with Crippen LogP contribution in [0, 0.1) is 20.8 Å². The Kier molecular flexibility index (Phi) is 4.45. The van der Waals surface area contributed by atoms with Gasteiger partial charge < -0.3 is 9.47 Å². The van der Waals surface area contributed by atoms with Crippen LogP contribution in [0.5, 0.6) is 11.5 Å². The van der Waals surface area contributed by atoms with Crippen molar-refractivity contribution >= 4 is 0 Å². The summed E-state index contributed by atoms with van der Waals surface area (Å²) in [6.07, 6.45) is 0. The van der Waals surface area contributed by atoms with Crippen molar-refractivity contribution in [1.82, 2.24) is 0 Å². The zero-order valence-electron chi connectivity index (χ0n) is 11.8. The molecule has 0 fully saturated rings. The lowest BCUT2D eigenvalue weighted by Crippen LogP contribution is -2.09. The van der Waals surface area contributed by atoms with Gasteiger partial charge in [0.05, 0.1) is 0 Å². The van der Waals surface area contributed by atoms with Gasteiger partial charge in [-0.15, -0.1) is 0 Å². The van der Waals surface area contributed by atoms with Crippen molar-refractivity contribution in [3.8, 4) is 11.5 Å². The van der Waals surface area contributed by atoms with E-state index in [9.17, 15) is 0 Å². The summed E-state index contributed by atoms with van der Waals surface area (Å²) < 4.78 is 11.4. The fourth-order valence-electron chi connectivity index (χ4n) is 1.90. The van der Waals surface area contributed by atoms with Gasteiger partial charge in [-0.1, -0.05) is 24.3 Å². The van der Waals surface area contributed by atoms with Gasteiger partial charge in [0.25, 0.3) is 0 Å². The van der Waals surface area contributed by atoms with Crippen molar-refractivity contribution in [2.24, 2.45) is 0 Å². The number of benzene rings is 2. The van der Waals surface area contributed by atoms with Crippen LogP contribution in [0.1, 0.15) is 16.7 Å². The van der Waals surface area contributed by atoms with Gasteiger partial charge in [0.1, 0.15) is 24.7 Å². The summed E-state index contributed by atoms with van der Waals surface area (Å²) in [6, 6.07) is 14.1. The van der Waals surface area contributed by atoms with E-state index in [0.717, 1.165) is 11.5 Å². The van der Waals surface area contributed by atoms with Crippen molar-refractivity contribution in [2.45, 2.75) is 20.8 Å². The van der Waals surface area contributed by atoms with E-state index in [4.69, 9.17) is 9.47 Å². The number of hydrogen-bond acceptors (Lipinski definition) is 2. The van der Waals surface area contributed by atoms with E-state index in [-0.39, 0.29) is 0 Å². The molecule has 19 heavy (non-hydrogen) atoms. The van der Waals surface area contributed by atoms with Gasteiger partial charge >= 0.3 is 0 Å². The minimum atomic E-state index is 0.552. The lowest BCUT2D eigenvalue weighted by atomic mass is 10.1. The molecular weight excluding hydrogens is 236 g/mol. The van der Waals surface area contributed by atoms with Crippen molar-refractivity contribution < 1.29 is 9.47 Å². The molecule has 0 unspecified atom stereocenters. The second-order valence-corrected chi connectivity index (χ2v) is 4.71. The molecule has 0 atom stereocenters. The second kappa shape index (κ2) is 6.28. The van der Waals surface area contributed by atoms with Gasteiger partial charge in [-0.3, -0.25) is 0 Å². The van der Waals surface area contributed by atoms with Gasteiger partial charge in [-0.25, -0.2) is 0 Å². The first-order chi connectivity index (χ1) is 9.16. The molecule has 0 aromatic heterocycles. The summed E-state index contributed by atoms with van der Waals surface area (Å²) in [6.45, 7) is 7.33. The van der Waals surface area contributed by atoms with Gasteiger partial charge in [0.15, 0.2) is 0 Å². The highest BCUT2D eigenvalue weighted by molar-refractivity contribution is 5.38. The van der Waals surface area contributed by atoms with Crippen LogP contribution in [-0.2, 0) is 0 Å². The molecular formula is C17H20O2. The van der Waals surface area contributed by atoms with E-state index in [0.29, 0.717) is 13.2 Å². The zero-order valence-corrected chi connectivity index (χ0v) is 11.8. The van der Waals surface area contributed by atoms with Gasteiger partial charge in [0.2, 0.25) is 0 Å². The maximum Gasteiger partial charge on any atom is 0.122 e. The van der Waals surface area contributed by atoms with Crippen molar-refractivity contribution in [3.05, 3.63) is 59.2 Å². The highest BCUT2D eigenvalue weighted by atomic mass is 16.5. The van der Waals surface area contributed by atoms with Crippen molar-refractivity contribution in [2.75, 3.05) is 13.2 Å². The molecule has 2 nitrogen and oxygen atoms in total. The monoisotopic (exact) mass is 256 g/mol. The normalized spacial score (nSPS) is 10.3. The predicted molar refractivity (Wildman–Crippen MR) is 78.1 cm³/mol. The molecule has 0 saturated carbocycles. The summed E-state index contributed by atoms with van der Waals surface area (Å²) in [4.78, 5) is 0. The van der Waals surface area contributed by atoms with E-state index in [1.807, 2.05) is 30.3 Å². The maximum absolute atomic E-state index is 5.74. The third-order valence-electron chi connectivity index (χ3n) is 3.15. The first-order valence-electron chi connectivity index (χ1n) is 6.55. The van der Waals surface area contributed by atoms with Crippen LogP contribution in [0.3, 0.4) is 0 Å². The second-order valence-electron chi connectivity index (χ2n) is 4.71. The zero-order chi connectivity index (χ0) is 13.7. The van der Waals surface area contributed by atoms with Crippen LogP contribution in [0.2, 0.25) is 0 Å². The Morgan fingerprint density at radius 2 is 1.58 bits per heavy atom. The van der Waals surface area contributed by atoms with Crippen molar-refractivity contribution in [1.29, 1.82) is 0 Å². The van der Waals surface area contributed by atoms with E-state index in [1.54, 1.807) is 0 Å². The summed E-state index contributed by atoms with van der Waals surface area (Å²) >= 11 is 0. The number of rotatable bonds is 5. The third-order valence-corrected chi connectivity index (χ3v) is 3.15. The average molecular weight is 256 g/mol. The van der Waals surface area contributed by atoms with Crippen LogP contribution in [0.15, 0.2) is 42.5 Å². The minimum absolute atomic E-state index is 0.552. The molecule has 2 aromatic carbocycles. The topological polar surface area (TPSA) is 18.5 Å². The fraction of sp³-hybridized carbons (Fsp3) is 0.294. The van der Waals surface area contributed by atoms with Crippen LogP contribution < -0.4 is 9.47 Å². The Morgan fingerprint density at radius 1 is 0.842 bits per heavy atom. The maximum atomic E-state index is 5.74. The van der Waals surface area contributed by atoms with Crippen molar-refractivity contribution in [3.63, 3.8) is 0 Å².